The summed E-state index contributed by atoms with van der Waals surface area (Å²) in [5.41, 5.74) is 3.49. The third-order valence-corrected chi connectivity index (χ3v) is 4.72. The molecule has 23 heavy (non-hydrogen) atoms. The normalized spacial score (nSPS) is 15.5. The molecule has 0 N–H and O–H groups in total. The molecule has 3 rings (SSSR count). The summed E-state index contributed by atoms with van der Waals surface area (Å²) in [6.45, 7) is 3.06. The van der Waals surface area contributed by atoms with Crippen molar-refractivity contribution < 1.29 is 4.74 Å². The van der Waals surface area contributed by atoms with Crippen molar-refractivity contribution >= 4 is 0 Å². The van der Waals surface area contributed by atoms with E-state index in [1.165, 1.54) is 37.7 Å². The van der Waals surface area contributed by atoms with Gasteiger partial charge in [-0.1, -0.05) is 38.7 Å². The lowest BCUT2D eigenvalue weighted by Gasteiger charge is -2.21. The number of nitrogens with zero attached hydrogens (tertiary/aromatic N) is 1. The monoisotopic (exact) mass is 309 g/mol. The molecule has 1 fully saturated rings. The molecule has 0 saturated heterocycles. The number of rotatable bonds is 6. The fourth-order valence-corrected chi connectivity index (χ4v) is 3.32. The Morgan fingerprint density at radius 3 is 2.43 bits per heavy atom. The fraction of sp³-hybridized carbons (Fsp3) is 0.476. The van der Waals surface area contributed by atoms with Crippen molar-refractivity contribution in [1.29, 1.82) is 0 Å². The lowest BCUT2D eigenvalue weighted by Crippen LogP contribution is -2.15. The van der Waals surface area contributed by atoms with Crippen LogP contribution in [0, 0.1) is 5.92 Å². The Kier molecular flexibility index (Phi) is 5.68. The highest BCUT2D eigenvalue weighted by Gasteiger charge is 2.13. The van der Waals surface area contributed by atoms with Gasteiger partial charge in [0.1, 0.15) is 5.75 Å². The summed E-state index contributed by atoms with van der Waals surface area (Å²) in [7, 11) is 0. The molecule has 1 aromatic heterocycles. The molecule has 2 nitrogen and oxygen atoms in total. The predicted molar refractivity (Wildman–Crippen MR) is 95.7 cm³/mol. The lowest BCUT2D eigenvalue weighted by atomic mass is 9.90. The molecular formula is C21H27NO. The highest BCUT2D eigenvalue weighted by Crippen LogP contribution is 2.26. The van der Waals surface area contributed by atoms with Gasteiger partial charge in [-0.25, -0.2) is 0 Å². The molecule has 0 radical (unpaired) electrons. The highest BCUT2D eigenvalue weighted by molar-refractivity contribution is 5.60. The van der Waals surface area contributed by atoms with Crippen molar-refractivity contribution in [3.8, 4) is 17.0 Å². The van der Waals surface area contributed by atoms with Crippen LogP contribution >= 0.6 is 0 Å². The number of benzene rings is 1. The van der Waals surface area contributed by atoms with Crippen LogP contribution in [0.2, 0.25) is 0 Å². The maximum absolute atomic E-state index is 5.97. The molecule has 0 spiro atoms. The van der Waals surface area contributed by atoms with Gasteiger partial charge in [-0.05, 0) is 61.1 Å². The Morgan fingerprint density at radius 1 is 1.00 bits per heavy atom. The SMILES string of the molecule is CCCc1ccc(-c2ccc(OCC3CCCCC3)cc2)nc1. The van der Waals surface area contributed by atoms with Crippen LogP contribution in [0.3, 0.4) is 0 Å². The van der Waals surface area contributed by atoms with Gasteiger partial charge in [0.25, 0.3) is 0 Å². The Labute approximate surface area is 139 Å². The third-order valence-electron chi connectivity index (χ3n) is 4.72. The summed E-state index contributed by atoms with van der Waals surface area (Å²) < 4.78 is 5.97. The van der Waals surface area contributed by atoms with Gasteiger partial charge in [-0.3, -0.25) is 4.98 Å². The Morgan fingerprint density at radius 2 is 1.78 bits per heavy atom. The van der Waals surface area contributed by atoms with Gasteiger partial charge in [0.15, 0.2) is 0 Å². The predicted octanol–water partition coefficient (Wildman–Crippen LogP) is 5.66. The quantitative estimate of drug-likeness (QED) is 0.687. The summed E-state index contributed by atoms with van der Waals surface area (Å²) in [5.74, 6) is 1.72. The van der Waals surface area contributed by atoms with Crippen LogP contribution in [0.25, 0.3) is 11.3 Å². The van der Waals surface area contributed by atoms with Crippen molar-refractivity contribution in [3.05, 3.63) is 48.2 Å². The second kappa shape index (κ2) is 8.14. The topological polar surface area (TPSA) is 22.1 Å². The van der Waals surface area contributed by atoms with E-state index in [0.717, 1.165) is 42.4 Å². The van der Waals surface area contributed by atoms with E-state index < -0.39 is 0 Å². The van der Waals surface area contributed by atoms with E-state index >= 15 is 0 Å². The van der Waals surface area contributed by atoms with Crippen LogP contribution in [0.15, 0.2) is 42.6 Å². The van der Waals surface area contributed by atoms with Crippen LogP contribution in [-0.4, -0.2) is 11.6 Å². The highest BCUT2D eigenvalue weighted by atomic mass is 16.5. The minimum absolute atomic E-state index is 0.746. The van der Waals surface area contributed by atoms with Crippen LogP contribution < -0.4 is 4.74 Å². The number of hydrogen-bond acceptors (Lipinski definition) is 2. The molecule has 0 amide bonds. The van der Waals surface area contributed by atoms with Crippen molar-refractivity contribution in [1.82, 2.24) is 4.98 Å². The van der Waals surface area contributed by atoms with E-state index in [1.54, 1.807) is 0 Å². The van der Waals surface area contributed by atoms with E-state index in [4.69, 9.17) is 4.74 Å². The van der Waals surface area contributed by atoms with E-state index in [0.29, 0.717) is 0 Å². The summed E-state index contributed by atoms with van der Waals surface area (Å²) in [6.07, 6.45) is 11.0. The Balaban J connectivity index is 1.57. The van der Waals surface area contributed by atoms with E-state index in [-0.39, 0.29) is 0 Å². The first-order valence-electron chi connectivity index (χ1n) is 9.03. The molecule has 0 aliphatic heterocycles. The van der Waals surface area contributed by atoms with Gasteiger partial charge in [-0.15, -0.1) is 0 Å². The molecule has 1 aliphatic carbocycles. The van der Waals surface area contributed by atoms with E-state index in [2.05, 4.69) is 48.3 Å². The summed E-state index contributed by atoms with van der Waals surface area (Å²) in [6, 6.07) is 12.7. The molecule has 0 bridgehead atoms. The van der Waals surface area contributed by atoms with Gasteiger partial charge in [0, 0.05) is 11.8 Å². The van der Waals surface area contributed by atoms with Crippen molar-refractivity contribution in [2.24, 2.45) is 5.92 Å². The van der Waals surface area contributed by atoms with Gasteiger partial charge in [0.05, 0.1) is 12.3 Å². The molecule has 1 saturated carbocycles. The molecule has 2 aromatic rings. The number of hydrogen-bond donors (Lipinski definition) is 0. The Hall–Kier alpha value is -1.83. The second-order valence-electron chi connectivity index (χ2n) is 6.64. The van der Waals surface area contributed by atoms with Crippen LogP contribution in [0.4, 0.5) is 0 Å². The number of ether oxygens (including phenoxy) is 1. The smallest absolute Gasteiger partial charge is 0.119 e. The lowest BCUT2D eigenvalue weighted by molar-refractivity contribution is 0.209. The molecular weight excluding hydrogens is 282 g/mol. The van der Waals surface area contributed by atoms with E-state index in [1.807, 2.05) is 6.20 Å². The second-order valence-corrected chi connectivity index (χ2v) is 6.64. The zero-order valence-corrected chi connectivity index (χ0v) is 14.1. The molecule has 0 unspecified atom stereocenters. The van der Waals surface area contributed by atoms with E-state index in [9.17, 15) is 0 Å². The number of aryl methyl sites for hydroxylation is 1. The Bertz CT molecular complexity index is 582. The zero-order valence-electron chi connectivity index (χ0n) is 14.1. The van der Waals surface area contributed by atoms with Gasteiger partial charge in [-0.2, -0.15) is 0 Å². The minimum atomic E-state index is 0.746. The zero-order chi connectivity index (χ0) is 15.9. The maximum atomic E-state index is 5.97. The first-order valence-corrected chi connectivity index (χ1v) is 9.03. The van der Waals surface area contributed by atoms with Gasteiger partial charge >= 0.3 is 0 Å². The molecule has 1 heterocycles. The molecule has 1 aromatic carbocycles. The summed E-state index contributed by atoms with van der Waals surface area (Å²) >= 11 is 0. The average molecular weight is 309 g/mol. The van der Waals surface area contributed by atoms with Crippen LogP contribution in [-0.2, 0) is 6.42 Å². The standard InChI is InChI=1S/C21H27NO/c1-2-6-17-9-14-21(22-15-17)19-10-12-20(13-11-19)23-16-18-7-4-3-5-8-18/h9-15,18H,2-8,16H2,1H3. The fourth-order valence-electron chi connectivity index (χ4n) is 3.32. The van der Waals surface area contributed by atoms with Gasteiger partial charge in [0.2, 0.25) is 0 Å². The maximum Gasteiger partial charge on any atom is 0.119 e. The molecule has 122 valence electrons. The first-order chi connectivity index (χ1) is 11.3. The summed E-state index contributed by atoms with van der Waals surface area (Å²) in [4.78, 5) is 4.58. The molecule has 1 aliphatic rings. The van der Waals surface area contributed by atoms with Crippen LogP contribution in [0.1, 0.15) is 51.0 Å². The number of aromatic nitrogens is 1. The van der Waals surface area contributed by atoms with Crippen LogP contribution in [0.5, 0.6) is 5.75 Å². The van der Waals surface area contributed by atoms with Crippen molar-refractivity contribution in [2.75, 3.05) is 6.61 Å². The van der Waals surface area contributed by atoms with Gasteiger partial charge < -0.3 is 4.74 Å². The molecule has 2 heteroatoms. The summed E-state index contributed by atoms with van der Waals surface area (Å²) in [5, 5.41) is 0. The first kappa shape index (κ1) is 16.0. The third kappa shape index (κ3) is 4.57. The largest absolute Gasteiger partial charge is 0.493 e. The minimum Gasteiger partial charge on any atom is -0.493 e. The average Bonchev–Trinajstić information content (AvgIpc) is 2.62. The van der Waals surface area contributed by atoms with Crippen molar-refractivity contribution in [2.45, 2.75) is 51.9 Å². The molecule has 0 atom stereocenters. The number of pyridine rings is 1. The van der Waals surface area contributed by atoms with Crippen molar-refractivity contribution in [3.63, 3.8) is 0 Å².